The molecule has 12 N–H and O–H groups in total. The summed E-state index contributed by atoms with van der Waals surface area (Å²) in [6.45, 7) is 1.67. The second-order valence-electron chi connectivity index (χ2n) is 36.5. The van der Waals surface area contributed by atoms with E-state index in [1.807, 2.05) is 154 Å². The summed E-state index contributed by atoms with van der Waals surface area (Å²) in [5, 5.41) is 86.5. The number of rotatable bonds is 24. The second kappa shape index (κ2) is 45.6. The Bertz CT molecular complexity index is 7800. The lowest BCUT2D eigenvalue weighted by molar-refractivity contribution is -0.646. The van der Waals surface area contributed by atoms with Gasteiger partial charge in [-0.05, 0) is 301 Å². The maximum Gasteiger partial charge on any atom is 0.284 e. The summed E-state index contributed by atoms with van der Waals surface area (Å²) >= 11 is 0. The Labute approximate surface area is 845 Å². The average Bonchev–Trinajstić information content (AvgIpc) is 0.760. The fourth-order valence-corrected chi connectivity index (χ4v) is 19.2. The molecular weight excluding hydrogens is 1800 g/mol. The average molecular weight is 1920 g/mol. The third kappa shape index (κ3) is 22.4. The van der Waals surface area contributed by atoms with Crippen molar-refractivity contribution in [3.8, 4) is 134 Å². The molecule has 0 unspecified atom stereocenters. The monoisotopic (exact) mass is 1910 g/mol. The summed E-state index contributed by atoms with van der Waals surface area (Å²) in [5.41, 5.74) is 42.7. The number of hydrogen-bond donors (Lipinski definition) is 10. The lowest BCUT2D eigenvalue weighted by atomic mass is 9.93. The largest absolute Gasteiger partial charge is 1.00 e. The van der Waals surface area contributed by atoms with Gasteiger partial charge in [0, 0.05) is 65.6 Å². The van der Waals surface area contributed by atoms with Gasteiger partial charge in [-0.2, -0.15) is 4.99 Å². The van der Waals surface area contributed by atoms with Crippen LogP contribution in [0.25, 0.3) is 177 Å². The smallest absolute Gasteiger partial charge is 0.284 e. The van der Waals surface area contributed by atoms with Gasteiger partial charge in [0.05, 0.1) is 110 Å². The number of aliphatic hydroxyl groups excluding tert-OH is 8. The van der Waals surface area contributed by atoms with Gasteiger partial charge >= 0.3 is 0 Å². The van der Waals surface area contributed by atoms with Crippen LogP contribution in [0, 0.1) is 0 Å². The SMILES string of the molecule is CN(C)c1c2cc(CO)c(CO)cc2cc(-c2cc(-c3ccccc3)cc(-c3ccccc3)c2)[n+]1C.CN(C)c1nc(-c2cc(-c3ccccc3)cc(-c3ccccc3)c2)cc2cc(CO)c(CO)cc12.NC(N)=Nc1nc(-c2cc(-c3ccccc3)cc(-c3ccccc3)c2)cc2cc(CO)c(CO)cc12.OCc1cc2cc(-c3cc(-c4ccccc4)cc(-c4ccccc4)c3)nc(N3CCOCC3)c2cc1CO.[2H-]. The van der Waals surface area contributed by atoms with Crippen LogP contribution in [0.1, 0.15) is 45.9 Å². The minimum absolute atomic E-state index is 0. The first-order chi connectivity index (χ1) is 70.8. The number of benzene rings is 16. The van der Waals surface area contributed by atoms with E-state index in [2.05, 4.69) is 287 Å². The zero-order valence-corrected chi connectivity index (χ0v) is 81.7. The van der Waals surface area contributed by atoms with Crippen LogP contribution in [0.4, 0.5) is 23.3 Å². The van der Waals surface area contributed by atoms with E-state index < -0.39 is 0 Å². The van der Waals surface area contributed by atoms with Crippen LogP contribution in [0.2, 0.25) is 0 Å². The van der Waals surface area contributed by atoms with Crippen LogP contribution in [0.15, 0.2) is 393 Å². The summed E-state index contributed by atoms with van der Waals surface area (Å²) in [6, 6.07) is 133. The van der Waals surface area contributed by atoms with Crippen LogP contribution in [0.3, 0.4) is 0 Å². The van der Waals surface area contributed by atoms with Gasteiger partial charge in [-0.1, -0.05) is 243 Å². The number of ether oxygens (including phenoxy) is 1. The number of aliphatic imine (C=N–C) groups is 1. The van der Waals surface area contributed by atoms with E-state index in [1.54, 1.807) is 6.07 Å². The van der Waals surface area contributed by atoms with Gasteiger partial charge in [0.1, 0.15) is 17.3 Å². The fourth-order valence-electron chi connectivity index (χ4n) is 19.2. The van der Waals surface area contributed by atoms with Crippen LogP contribution in [-0.2, 0) is 64.6 Å². The lowest BCUT2D eigenvalue weighted by Gasteiger charge is -2.29. The van der Waals surface area contributed by atoms with Crippen molar-refractivity contribution in [2.45, 2.75) is 52.9 Å². The number of aliphatic hydroxyl groups is 8. The quantitative estimate of drug-likeness (QED) is 0.0153. The Morgan fingerprint density at radius 2 is 0.545 bits per heavy atom. The van der Waals surface area contributed by atoms with E-state index in [0.717, 1.165) is 219 Å². The number of pyridine rings is 4. The summed E-state index contributed by atoms with van der Waals surface area (Å²) in [4.78, 5) is 25.7. The molecule has 0 spiro atoms. The molecule has 5 heterocycles. The van der Waals surface area contributed by atoms with Gasteiger partial charge in [-0.25, -0.2) is 19.5 Å². The maximum absolute atomic E-state index is 9.98. The highest BCUT2D eigenvalue weighted by molar-refractivity contribution is 6.01. The third-order valence-electron chi connectivity index (χ3n) is 26.5. The molecule has 4 aromatic heterocycles. The first kappa shape index (κ1) is 98.6. The van der Waals surface area contributed by atoms with Gasteiger partial charge in [0.15, 0.2) is 11.8 Å². The molecule has 0 radical (unpaired) electrons. The molecule has 145 heavy (non-hydrogen) atoms. The van der Waals surface area contributed by atoms with Gasteiger partial charge in [-0.15, -0.1) is 0 Å². The molecule has 724 valence electrons. The third-order valence-corrected chi connectivity index (χ3v) is 26.5. The molecule has 0 aliphatic carbocycles. The van der Waals surface area contributed by atoms with Crippen LogP contribution >= 0.6 is 0 Å². The van der Waals surface area contributed by atoms with E-state index in [0.29, 0.717) is 41.2 Å². The molecule has 0 amide bonds. The number of fused-ring (bicyclic) bond motifs is 4. The van der Waals surface area contributed by atoms with E-state index in [1.165, 1.54) is 11.1 Å². The molecule has 0 atom stereocenters. The molecule has 19 nitrogen and oxygen atoms in total. The molecule has 1 aliphatic heterocycles. The highest BCUT2D eigenvalue weighted by Gasteiger charge is 2.26. The molecule has 1 fully saturated rings. The predicted molar refractivity (Wildman–Crippen MR) is 591 cm³/mol. The first-order valence-electron chi connectivity index (χ1n) is 48.4. The second-order valence-corrected chi connectivity index (χ2v) is 36.5. The van der Waals surface area contributed by atoms with E-state index in [9.17, 15) is 40.9 Å². The van der Waals surface area contributed by atoms with Crippen molar-refractivity contribution in [1.82, 2.24) is 15.0 Å². The van der Waals surface area contributed by atoms with Crippen LogP contribution in [-0.4, -0.2) is 116 Å². The highest BCUT2D eigenvalue weighted by Crippen LogP contribution is 2.44. The topological polar surface area (TPSA) is 288 Å². The van der Waals surface area contributed by atoms with E-state index in [-0.39, 0.29) is 60.2 Å². The van der Waals surface area contributed by atoms with Crippen molar-refractivity contribution >= 4 is 72.3 Å². The van der Waals surface area contributed by atoms with Crippen molar-refractivity contribution < 1.29 is 51.6 Å². The molecule has 0 saturated carbocycles. The predicted octanol–water partition coefficient (Wildman–Crippen LogP) is 23.3. The van der Waals surface area contributed by atoms with Crippen molar-refractivity contribution in [1.29, 1.82) is 0 Å². The Morgan fingerprint density at radius 3 is 0.848 bits per heavy atom. The van der Waals surface area contributed by atoms with Gasteiger partial charge in [0.25, 0.3) is 5.82 Å². The number of morpholine rings is 1. The van der Waals surface area contributed by atoms with E-state index >= 15 is 0 Å². The lowest BCUT2D eigenvalue weighted by Crippen LogP contribution is -2.38. The standard InChI is InChI=1S/C33H30N2O3.C32H31N2O2.C31H28N2O2.C30H26N4O2.H/c36-21-29-18-27-20-32(34-33(31(27)19-30(29)22-37)35-11-13-38-14-12-35)28-16-25(23-7-3-1-4-8-23)15-26(17-28)24-9-5-2-6-10-24;1-33(2)32-30-18-29(21-36)28(20-35)17-26(30)19-31(34(32)3)27-15-24(22-10-6-4-7-11-22)14-25(16-27)23-12-8-5-9-13-23;1-33(2)31-29-17-28(20-35)27(19-34)16-25(29)18-30(32-31)26-14-23(21-9-5-3-6-10-21)13-24(15-26)22-11-7-4-8-12-22;31-30(32)34-29-27-15-26(18-36)25(17-35)14-23(27)16-28(33-29)24-12-21(19-7-3-1-4-8-19)11-22(13-24)20-9-5-2-6-10-20;/h1-10,15-20,36-37H,11-14,21-22H2;4-19,35-36H,20-21H2,1-3H3;3-18,34-35H,19-20H2,1-2H3;1-16,35-36H,17-18H2,(H4,31,32,33,34);/q;+1;;;-1/i;;;;1+1. The van der Waals surface area contributed by atoms with Crippen molar-refractivity contribution in [2.24, 2.45) is 23.5 Å². The molecule has 19 heteroatoms. The number of nitrogens with zero attached hydrogens (tertiary/aromatic N) is 8. The summed E-state index contributed by atoms with van der Waals surface area (Å²) in [5.74, 6) is 2.98. The maximum atomic E-state index is 9.98. The van der Waals surface area contributed by atoms with E-state index in [4.69, 9.17) is 31.2 Å². The Morgan fingerprint density at radius 1 is 0.290 bits per heavy atom. The fraction of sp³-hybridized carbons (Fsp3) is 0.135. The molecule has 21 rings (SSSR count). The molecule has 16 aromatic carbocycles. The minimum Gasteiger partial charge on any atom is -1.00 e. The summed E-state index contributed by atoms with van der Waals surface area (Å²) in [6.07, 6.45) is 0. The zero-order chi connectivity index (χ0) is 101. The summed E-state index contributed by atoms with van der Waals surface area (Å²) in [7, 11) is 10.1. The number of aromatic nitrogens is 4. The number of hydrogen-bond acceptors (Lipinski definition) is 16. The van der Waals surface area contributed by atoms with Crippen molar-refractivity contribution in [3.63, 3.8) is 0 Å². The number of guanidine groups is 1. The molecule has 20 aromatic rings. The number of anilines is 3. The van der Waals surface area contributed by atoms with Crippen molar-refractivity contribution in [2.75, 3.05) is 69.2 Å². The summed E-state index contributed by atoms with van der Waals surface area (Å²) < 4.78 is 7.83. The molecular formula is C126H116N10O9. The Hall–Kier alpha value is -16.5. The number of nitrogens with two attached hydrogens (primary N) is 2. The highest BCUT2D eigenvalue weighted by atomic mass is 16.5. The molecule has 1 aliphatic rings. The van der Waals surface area contributed by atoms with Gasteiger partial charge in [-0.3, -0.25) is 4.90 Å². The minimum atomic E-state index is -0.214. The molecule has 0 bridgehead atoms. The normalized spacial score (nSPS) is 11.7. The van der Waals surface area contributed by atoms with Crippen molar-refractivity contribution in [3.05, 3.63) is 433 Å². The van der Waals surface area contributed by atoms with Crippen LogP contribution in [0.5, 0.6) is 0 Å². The zero-order valence-electron chi connectivity index (χ0n) is 82.7. The van der Waals surface area contributed by atoms with Crippen LogP contribution < -0.4 is 30.7 Å². The van der Waals surface area contributed by atoms with Gasteiger partial charge < -0.3 is 68.3 Å². The Kier molecular flexibility index (Phi) is 31.0. The first-order valence-corrected chi connectivity index (χ1v) is 48.4. The van der Waals surface area contributed by atoms with Gasteiger partial charge in [0.2, 0.25) is 0 Å². The Balaban J connectivity index is 0.000000133. The molecule has 1 saturated heterocycles.